The lowest BCUT2D eigenvalue weighted by Crippen LogP contribution is -2.28. The Balaban J connectivity index is 1.93. The van der Waals surface area contributed by atoms with Gasteiger partial charge in [-0.2, -0.15) is 0 Å². The Kier molecular flexibility index (Phi) is 3.05. The molecule has 3 nitrogen and oxygen atoms in total. The van der Waals surface area contributed by atoms with Crippen LogP contribution in [0.15, 0.2) is 54.6 Å². The maximum Gasteiger partial charge on any atom is 0.158 e. The first-order valence-electron chi connectivity index (χ1n) is 6.32. The van der Waals surface area contributed by atoms with Gasteiger partial charge in [0.25, 0.3) is 0 Å². The van der Waals surface area contributed by atoms with Crippen LogP contribution in [0.25, 0.3) is 0 Å². The van der Waals surface area contributed by atoms with Gasteiger partial charge in [-0.3, -0.25) is 5.41 Å². The van der Waals surface area contributed by atoms with Gasteiger partial charge in [-0.15, -0.1) is 0 Å². The van der Waals surface area contributed by atoms with Gasteiger partial charge >= 0.3 is 0 Å². The quantitative estimate of drug-likeness (QED) is 0.910. The van der Waals surface area contributed by atoms with Crippen molar-refractivity contribution in [1.29, 1.82) is 5.41 Å². The summed E-state index contributed by atoms with van der Waals surface area (Å²) < 4.78 is 5.58. The predicted octanol–water partition coefficient (Wildman–Crippen LogP) is 3.17. The van der Waals surface area contributed by atoms with E-state index in [2.05, 4.69) is 12.1 Å². The highest BCUT2D eigenvalue weighted by Gasteiger charge is 2.33. The number of amidine groups is 1. The highest BCUT2D eigenvalue weighted by Crippen LogP contribution is 2.34. The van der Waals surface area contributed by atoms with E-state index in [1.807, 2.05) is 47.4 Å². The fraction of sp³-hybridized carbons (Fsp3) is 0.188. The number of fused-ring (bicyclic) bond motifs is 1. The molecule has 0 saturated heterocycles. The average molecular weight is 252 g/mol. The molecule has 2 aromatic carbocycles. The molecule has 1 atom stereocenters. The van der Waals surface area contributed by atoms with E-state index in [0.29, 0.717) is 12.4 Å². The SMILES string of the molecule is COC1c2ccccc2C(=N)N1Cc1ccccc1. The normalized spacial score (nSPS) is 17.6. The maximum absolute atomic E-state index is 8.32. The Morgan fingerprint density at radius 3 is 2.47 bits per heavy atom. The number of nitrogens with zero attached hydrogens (tertiary/aromatic N) is 1. The topological polar surface area (TPSA) is 36.3 Å². The molecule has 0 amide bonds. The lowest BCUT2D eigenvalue weighted by molar-refractivity contribution is 0.00870. The number of nitrogens with one attached hydrogen (secondary N) is 1. The summed E-state index contributed by atoms with van der Waals surface area (Å²) in [5.41, 5.74) is 3.22. The second kappa shape index (κ2) is 4.86. The lowest BCUT2D eigenvalue weighted by Gasteiger charge is -2.25. The van der Waals surface area contributed by atoms with Crippen LogP contribution in [-0.2, 0) is 11.3 Å². The molecule has 2 aromatic rings. The van der Waals surface area contributed by atoms with Crippen LogP contribution in [0, 0.1) is 5.41 Å². The Morgan fingerprint density at radius 2 is 1.74 bits per heavy atom. The van der Waals surface area contributed by atoms with Crippen molar-refractivity contribution in [3.8, 4) is 0 Å². The Hall–Kier alpha value is -2.13. The van der Waals surface area contributed by atoms with E-state index < -0.39 is 0 Å². The fourth-order valence-corrected chi connectivity index (χ4v) is 2.56. The van der Waals surface area contributed by atoms with Crippen molar-refractivity contribution in [2.45, 2.75) is 12.8 Å². The molecule has 1 N–H and O–H groups in total. The standard InChI is InChI=1S/C16H16N2O/c1-19-16-14-10-6-5-9-13(14)15(17)18(16)11-12-7-3-2-4-8-12/h2-10,16-17H,11H2,1H3. The number of ether oxygens (including phenoxy) is 1. The third-order valence-corrected chi connectivity index (χ3v) is 3.47. The smallest absolute Gasteiger partial charge is 0.158 e. The van der Waals surface area contributed by atoms with Gasteiger partial charge in [0, 0.05) is 24.8 Å². The summed E-state index contributed by atoms with van der Waals surface area (Å²) in [6.07, 6.45) is -0.163. The van der Waals surface area contributed by atoms with Crippen LogP contribution < -0.4 is 0 Å². The second-order valence-electron chi connectivity index (χ2n) is 4.64. The summed E-state index contributed by atoms with van der Waals surface area (Å²) in [5.74, 6) is 0.534. The van der Waals surface area contributed by atoms with Gasteiger partial charge in [0.1, 0.15) is 5.84 Å². The van der Waals surface area contributed by atoms with Crippen molar-refractivity contribution >= 4 is 5.84 Å². The van der Waals surface area contributed by atoms with E-state index >= 15 is 0 Å². The molecule has 1 aliphatic rings. The molecule has 1 unspecified atom stereocenters. The lowest BCUT2D eigenvalue weighted by atomic mass is 10.1. The molecule has 96 valence electrons. The number of hydrogen-bond donors (Lipinski definition) is 1. The van der Waals surface area contributed by atoms with E-state index in [1.165, 1.54) is 5.56 Å². The molecule has 1 aliphatic heterocycles. The van der Waals surface area contributed by atoms with E-state index in [0.717, 1.165) is 11.1 Å². The second-order valence-corrected chi connectivity index (χ2v) is 4.64. The molecule has 0 radical (unpaired) electrons. The average Bonchev–Trinajstić information content (AvgIpc) is 2.73. The zero-order valence-corrected chi connectivity index (χ0v) is 10.8. The van der Waals surface area contributed by atoms with Crippen LogP contribution in [0.5, 0.6) is 0 Å². The van der Waals surface area contributed by atoms with Crippen LogP contribution in [0.1, 0.15) is 22.9 Å². The van der Waals surface area contributed by atoms with E-state index in [4.69, 9.17) is 10.1 Å². The molecule has 0 aromatic heterocycles. The van der Waals surface area contributed by atoms with Crippen molar-refractivity contribution in [2.24, 2.45) is 0 Å². The maximum atomic E-state index is 8.32. The van der Waals surface area contributed by atoms with Crippen LogP contribution in [0.4, 0.5) is 0 Å². The predicted molar refractivity (Wildman–Crippen MR) is 75.0 cm³/mol. The van der Waals surface area contributed by atoms with Crippen LogP contribution in [-0.4, -0.2) is 17.8 Å². The molecule has 19 heavy (non-hydrogen) atoms. The zero-order chi connectivity index (χ0) is 13.2. The molecular weight excluding hydrogens is 236 g/mol. The van der Waals surface area contributed by atoms with E-state index in [9.17, 15) is 0 Å². The molecule has 0 spiro atoms. The Labute approximate surface area is 113 Å². The summed E-state index contributed by atoms with van der Waals surface area (Å²) in [6.45, 7) is 0.687. The molecule has 3 rings (SSSR count). The van der Waals surface area contributed by atoms with Gasteiger partial charge in [0.15, 0.2) is 6.23 Å². The third-order valence-electron chi connectivity index (χ3n) is 3.47. The molecular formula is C16H16N2O. The molecule has 0 fully saturated rings. The van der Waals surface area contributed by atoms with Gasteiger partial charge in [0.2, 0.25) is 0 Å². The number of hydrogen-bond acceptors (Lipinski definition) is 2. The van der Waals surface area contributed by atoms with Gasteiger partial charge in [-0.05, 0) is 5.56 Å². The molecule has 1 heterocycles. The van der Waals surface area contributed by atoms with Crippen LogP contribution in [0.2, 0.25) is 0 Å². The summed E-state index contributed by atoms with van der Waals surface area (Å²) >= 11 is 0. The highest BCUT2D eigenvalue weighted by molar-refractivity contribution is 6.00. The van der Waals surface area contributed by atoms with Crippen molar-refractivity contribution in [2.75, 3.05) is 7.11 Å². The number of rotatable bonds is 3. The van der Waals surface area contributed by atoms with E-state index in [-0.39, 0.29) is 6.23 Å². The van der Waals surface area contributed by atoms with Gasteiger partial charge in [-0.1, -0.05) is 54.6 Å². The monoisotopic (exact) mass is 252 g/mol. The minimum absolute atomic E-state index is 0.163. The minimum atomic E-state index is -0.163. The van der Waals surface area contributed by atoms with Gasteiger partial charge in [0.05, 0.1) is 0 Å². The fourth-order valence-electron chi connectivity index (χ4n) is 2.56. The van der Waals surface area contributed by atoms with Crippen molar-refractivity contribution in [1.82, 2.24) is 4.90 Å². The number of methoxy groups -OCH3 is 1. The summed E-state index contributed by atoms with van der Waals surface area (Å²) in [7, 11) is 1.69. The van der Waals surface area contributed by atoms with Crippen molar-refractivity contribution in [3.05, 3.63) is 71.3 Å². The Bertz CT molecular complexity index is 595. The van der Waals surface area contributed by atoms with Crippen molar-refractivity contribution < 1.29 is 4.74 Å². The first-order chi connectivity index (χ1) is 9.31. The first-order valence-corrected chi connectivity index (χ1v) is 6.32. The summed E-state index contributed by atoms with van der Waals surface area (Å²) in [5, 5.41) is 8.32. The van der Waals surface area contributed by atoms with Crippen molar-refractivity contribution in [3.63, 3.8) is 0 Å². The highest BCUT2D eigenvalue weighted by atomic mass is 16.5. The third kappa shape index (κ3) is 2.02. The zero-order valence-electron chi connectivity index (χ0n) is 10.8. The molecule has 0 bridgehead atoms. The largest absolute Gasteiger partial charge is 0.357 e. The number of benzene rings is 2. The Morgan fingerprint density at radius 1 is 1.05 bits per heavy atom. The van der Waals surface area contributed by atoms with E-state index in [1.54, 1.807) is 7.11 Å². The van der Waals surface area contributed by atoms with Crippen LogP contribution >= 0.6 is 0 Å². The molecule has 3 heteroatoms. The summed E-state index contributed by atoms with van der Waals surface area (Å²) in [4.78, 5) is 1.99. The summed E-state index contributed by atoms with van der Waals surface area (Å²) in [6, 6.07) is 18.1. The molecule has 0 aliphatic carbocycles. The molecule has 0 saturated carbocycles. The van der Waals surface area contributed by atoms with Gasteiger partial charge in [-0.25, -0.2) is 0 Å². The minimum Gasteiger partial charge on any atom is -0.357 e. The van der Waals surface area contributed by atoms with Gasteiger partial charge < -0.3 is 9.64 Å². The van der Waals surface area contributed by atoms with Crippen LogP contribution in [0.3, 0.4) is 0 Å². The first kappa shape index (κ1) is 11.9.